The fraction of sp³-hybridized carbons (Fsp3) is 0.0625. The Hall–Kier alpha value is -2.39. The summed E-state index contributed by atoms with van der Waals surface area (Å²) in [7, 11) is 0. The second-order valence-corrected chi connectivity index (χ2v) is 4.11. The molecule has 0 aliphatic rings. The average molecular weight is 254 g/mol. The Morgan fingerprint density at radius 2 is 1.74 bits per heavy atom. The number of para-hydroxylation sites is 1. The molecular weight excluding hydrogens is 240 g/mol. The zero-order valence-corrected chi connectivity index (χ0v) is 10.3. The van der Waals surface area contributed by atoms with E-state index in [1.807, 2.05) is 0 Å². The Morgan fingerprint density at radius 3 is 2.37 bits per heavy atom. The van der Waals surface area contributed by atoms with Gasteiger partial charge in [-0.15, -0.1) is 0 Å². The number of aliphatic hydroxyl groups excluding tert-OH is 1. The molecule has 0 amide bonds. The van der Waals surface area contributed by atoms with Gasteiger partial charge in [0.15, 0.2) is 5.78 Å². The van der Waals surface area contributed by atoms with Gasteiger partial charge in [-0.1, -0.05) is 42.5 Å². The maximum Gasteiger partial charge on any atom is 0.185 e. The van der Waals surface area contributed by atoms with Crippen molar-refractivity contribution < 1.29 is 15.0 Å². The molecule has 2 rings (SSSR count). The molecule has 19 heavy (non-hydrogen) atoms. The summed E-state index contributed by atoms with van der Waals surface area (Å²) in [5.74, 6) is -0.00470. The number of carbonyl (C=O) groups is 1. The van der Waals surface area contributed by atoms with Gasteiger partial charge in [0, 0.05) is 11.1 Å². The Labute approximate surface area is 111 Å². The van der Waals surface area contributed by atoms with Crippen molar-refractivity contribution in [2.24, 2.45) is 0 Å². The molecule has 0 spiro atoms. The molecule has 0 aliphatic heterocycles. The minimum atomic E-state index is -0.146. The number of hydrogen-bond donors (Lipinski definition) is 2. The van der Waals surface area contributed by atoms with E-state index < -0.39 is 0 Å². The van der Waals surface area contributed by atoms with Crippen LogP contribution in [0.25, 0.3) is 6.08 Å². The Balaban J connectivity index is 2.14. The lowest BCUT2D eigenvalue weighted by Gasteiger charge is -1.99. The van der Waals surface area contributed by atoms with Crippen LogP contribution < -0.4 is 0 Å². The van der Waals surface area contributed by atoms with Crippen LogP contribution in [-0.2, 0) is 6.61 Å². The summed E-state index contributed by atoms with van der Waals surface area (Å²) in [6.07, 6.45) is 3.00. The number of aliphatic hydroxyl groups is 1. The van der Waals surface area contributed by atoms with Crippen molar-refractivity contribution in [2.75, 3.05) is 0 Å². The van der Waals surface area contributed by atoms with Crippen molar-refractivity contribution in [3.63, 3.8) is 0 Å². The fourth-order valence-electron chi connectivity index (χ4n) is 1.66. The van der Waals surface area contributed by atoms with Crippen LogP contribution >= 0.6 is 0 Å². The van der Waals surface area contributed by atoms with E-state index in [1.54, 1.807) is 54.6 Å². The van der Waals surface area contributed by atoms with Crippen LogP contribution in [0, 0.1) is 0 Å². The smallest absolute Gasteiger partial charge is 0.185 e. The molecule has 3 heteroatoms. The number of phenols is 1. The van der Waals surface area contributed by atoms with Gasteiger partial charge in [-0.05, 0) is 23.8 Å². The van der Waals surface area contributed by atoms with Gasteiger partial charge in [-0.3, -0.25) is 4.79 Å². The quantitative estimate of drug-likeness (QED) is 0.651. The molecule has 96 valence electrons. The number of rotatable bonds is 4. The molecule has 0 heterocycles. The minimum absolute atomic E-state index is 0.0395. The maximum absolute atomic E-state index is 11.9. The molecular formula is C16H14O3. The Kier molecular flexibility index (Phi) is 4.11. The number of hydrogen-bond acceptors (Lipinski definition) is 3. The first kappa shape index (κ1) is 13.1. The minimum Gasteiger partial charge on any atom is -0.507 e. The van der Waals surface area contributed by atoms with Crippen LogP contribution in [0.15, 0.2) is 54.6 Å². The highest BCUT2D eigenvalue weighted by Gasteiger charge is 2.02. The molecule has 2 N–H and O–H groups in total. The summed E-state index contributed by atoms with van der Waals surface area (Å²) in [5, 5.41) is 18.5. The lowest BCUT2D eigenvalue weighted by molar-refractivity contribution is 0.104. The highest BCUT2D eigenvalue weighted by atomic mass is 16.3. The van der Waals surface area contributed by atoms with Crippen molar-refractivity contribution in [3.8, 4) is 5.75 Å². The molecule has 2 aromatic rings. The summed E-state index contributed by atoms with van der Waals surface area (Å²) < 4.78 is 0. The fourth-order valence-corrected chi connectivity index (χ4v) is 1.66. The number of allylic oxidation sites excluding steroid dienone is 1. The Bertz CT molecular complexity index is 598. The molecule has 0 radical (unpaired) electrons. The third-order valence-electron chi connectivity index (χ3n) is 2.77. The molecule has 3 nitrogen and oxygen atoms in total. The normalized spacial score (nSPS) is 10.8. The van der Waals surface area contributed by atoms with Crippen LogP contribution in [0.4, 0.5) is 0 Å². The third-order valence-corrected chi connectivity index (χ3v) is 2.77. The number of benzene rings is 2. The molecule has 0 saturated carbocycles. The molecule has 0 aromatic heterocycles. The summed E-state index contributed by atoms with van der Waals surface area (Å²) in [6, 6.07) is 13.6. The first-order valence-corrected chi connectivity index (χ1v) is 5.91. The van der Waals surface area contributed by atoms with Gasteiger partial charge in [-0.25, -0.2) is 0 Å². The van der Waals surface area contributed by atoms with E-state index in [2.05, 4.69) is 0 Å². The SMILES string of the molecule is O=C(C=Cc1ccccc1O)c1ccc(CO)cc1. The van der Waals surface area contributed by atoms with Gasteiger partial charge in [0.2, 0.25) is 0 Å². The monoisotopic (exact) mass is 254 g/mol. The largest absolute Gasteiger partial charge is 0.507 e. The van der Waals surface area contributed by atoms with Crippen LogP contribution in [0.3, 0.4) is 0 Å². The van der Waals surface area contributed by atoms with Crippen molar-refractivity contribution in [1.29, 1.82) is 0 Å². The lowest BCUT2D eigenvalue weighted by atomic mass is 10.1. The van der Waals surface area contributed by atoms with Gasteiger partial charge < -0.3 is 10.2 Å². The van der Waals surface area contributed by atoms with E-state index in [4.69, 9.17) is 5.11 Å². The number of phenolic OH excluding ortho intramolecular Hbond substituents is 1. The second-order valence-electron chi connectivity index (χ2n) is 4.11. The van der Waals surface area contributed by atoms with E-state index in [0.717, 1.165) is 5.56 Å². The first-order valence-electron chi connectivity index (χ1n) is 5.91. The molecule has 0 fully saturated rings. The summed E-state index contributed by atoms with van der Waals surface area (Å²) in [6.45, 7) is -0.0395. The number of carbonyl (C=O) groups excluding carboxylic acids is 1. The van der Waals surface area contributed by atoms with Crippen LogP contribution in [-0.4, -0.2) is 16.0 Å². The van der Waals surface area contributed by atoms with Gasteiger partial charge in [0.05, 0.1) is 6.61 Å². The zero-order valence-electron chi connectivity index (χ0n) is 10.3. The van der Waals surface area contributed by atoms with Crippen LogP contribution in [0.5, 0.6) is 5.75 Å². The molecule has 0 aliphatic carbocycles. The molecule has 0 unspecified atom stereocenters. The molecule has 0 atom stereocenters. The number of aromatic hydroxyl groups is 1. The van der Waals surface area contributed by atoms with Gasteiger partial charge >= 0.3 is 0 Å². The summed E-state index contributed by atoms with van der Waals surface area (Å²) >= 11 is 0. The van der Waals surface area contributed by atoms with Gasteiger partial charge in [0.1, 0.15) is 5.75 Å². The topological polar surface area (TPSA) is 57.5 Å². The number of ketones is 1. The Morgan fingerprint density at radius 1 is 1.05 bits per heavy atom. The molecule has 2 aromatic carbocycles. The van der Waals surface area contributed by atoms with Crippen molar-refractivity contribution in [1.82, 2.24) is 0 Å². The van der Waals surface area contributed by atoms with Gasteiger partial charge in [-0.2, -0.15) is 0 Å². The maximum atomic E-state index is 11.9. The van der Waals surface area contributed by atoms with Crippen LogP contribution in [0.2, 0.25) is 0 Å². The van der Waals surface area contributed by atoms with E-state index in [9.17, 15) is 9.90 Å². The summed E-state index contributed by atoms with van der Waals surface area (Å²) in [4.78, 5) is 11.9. The third kappa shape index (κ3) is 3.30. The van der Waals surface area contributed by atoms with Gasteiger partial charge in [0.25, 0.3) is 0 Å². The van der Waals surface area contributed by atoms with E-state index in [-0.39, 0.29) is 18.1 Å². The predicted molar refractivity (Wildman–Crippen MR) is 73.8 cm³/mol. The average Bonchev–Trinajstić information content (AvgIpc) is 2.46. The highest BCUT2D eigenvalue weighted by Crippen LogP contribution is 2.17. The van der Waals surface area contributed by atoms with Crippen molar-refractivity contribution in [2.45, 2.75) is 6.61 Å². The summed E-state index contributed by atoms with van der Waals surface area (Å²) in [5.41, 5.74) is 1.91. The van der Waals surface area contributed by atoms with Crippen molar-refractivity contribution >= 4 is 11.9 Å². The predicted octanol–water partition coefficient (Wildman–Crippen LogP) is 2.78. The van der Waals surface area contributed by atoms with Crippen LogP contribution in [0.1, 0.15) is 21.5 Å². The van der Waals surface area contributed by atoms with E-state index in [1.165, 1.54) is 6.08 Å². The standard InChI is InChI=1S/C16H14O3/c17-11-12-5-7-14(8-6-12)16(19)10-9-13-3-1-2-4-15(13)18/h1-10,17-18H,11H2. The van der Waals surface area contributed by atoms with E-state index >= 15 is 0 Å². The second kappa shape index (κ2) is 5.98. The molecule has 0 saturated heterocycles. The molecule has 0 bridgehead atoms. The highest BCUT2D eigenvalue weighted by molar-refractivity contribution is 6.06. The van der Waals surface area contributed by atoms with E-state index in [0.29, 0.717) is 11.1 Å². The lowest BCUT2D eigenvalue weighted by Crippen LogP contribution is -1.94. The first-order chi connectivity index (χ1) is 9.20. The zero-order chi connectivity index (χ0) is 13.7. The van der Waals surface area contributed by atoms with Crippen molar-refractivity contribution in [3.05, 3.63) is 71.3 Å².